The second-order valence-corrected chi connectivity index (χ2v) is 5.29. The number of ether oxygens (including phenoxy) is 1. The molecule has 1 fully saturated rings. The van der Waals surface area contributed by atoms with Crippen LogP contribution in [-0.4, -0.2) is 46.6 Å². The fourth-order valence-electron chi connectivity index (χ4n) is 1.99. The predicted molar refractivity (Wildman–Crippen MR) is 85.4 cm³/mol. The highest BCUT2D eigenvalue weighted by atomic mass is 35.5. The number of phenols is 1. The fourth-order valence-corrected chi connectivity index (χ4v) is 2.39. The van der Waals surface area contributed by atoms with Gasteiger partial charge in [0, 0.05) is 14.1 Å². The highest BCUT2D eigenvalue weighted by Gasteiger charge is 2.32. The number of likely N-dealkylation sites (N-methyl/N-ethyl adjacent to an activating group) is 2. The summed E-state index contributed by atoms with van der Waals surface area (Å²) in [5.74, 6) is -0.0232. The Labute approximate surface area is 133 Å². The fraction of sp³-hybridized carbons (Fsp3) is 0.286. The molecule has 112 valence electrons. The smallest absolute Gasteiger partial charge is 0.276 e. The molecule has 0 spiro atoms. The maximum Gasteiger partial charge on any atom is 0.276 e. The normalized spacial score (nSPS) is 17.0. The first-order valence-electron chi connectivity index (χ1n) is 6.29. The van der Waals surface area contributed by atoms with Gasteiger partial charge in [0.05, 0.1) is 11.6 Å². The summed E-state index contributed by atoms with van der Waals surface area (Å²) in [6.45, 7) is 2.20. The molecular weight excluding hydrogens is 312 g/mol. The van der Waals surface area contributed by atoms with Crippen LogP contribution < -0.4 is 4.74 Å². The highest BCUT2D eigenvalue weighted by molar-refractivity contribution is 7.80. The summed E-state index contributed by atoms with van der Waals surface area (Å²) in [4.78, 5) is 15.1. The van der Waals surface area contributed by atoms with Crippen molar-refractivity contribution in [3.8, 4) is 11.5 Å². The van der Waals surface area contributed by atoms with Crippen LogP contribution in [0.3, 0.4) is 0 Å². The lowest BCUT2D eigenvalue weighted by atomic mass is 10.1. The molecule has 2 rings (SSSR count). The first-order chi connectivity index (χ1) is 9.86. The largest absolute Gasteiger partial charge is 0.503 e. The number of amides is 1. The van der Waals surface area contributed by atoms with E-state index < -0.39 is 0 Å². The molecule has 0 aromatic heterocycles. The van der Waals surface area contributed by atoms with Gasteiger partial charge in [0.25, 0.3) is 5.91 Å². The van der Waals surface area contributed by atoms with E-state index in [1.807, 2.05) is 0 Å². The minimum absolute atomic E-state index is 0.112. The monoisotopic (exact) mass is 326 g/mol. The number of halogens is 1. The molecule has 0 saturated carbocycles. The molecular formula is C14H15ClN2O3S. The number of hydrogen-bond acceptors (Lipinski definition) is 4. The van der Waals surface area contributed by atoms with Gasteiger partial charge < -0.3 is 14.7 Å². The molecule has 1 saturated heterocycles. The van der Waals surface area contributed by atoms with Crippen LogP contribution in [0.25, 0.3) is 6.08 Å². The molecule has 0 aliphatic carbocycles. The van der Waals surface area contributed by atoms with E-state index in [4.69, 9.17) is 28.6 Å². The van der Waals surface area contributed by atoms with Gasteiger partial charge in [-0.25, -0.2) is 0 Å². The number of hydrogen-bond donors (Lipinski definition) is 1. The summed E-state index contributed by atoms with van der Waals surface area (Å²) in [6.07, 6.45) is 1.66. The third-order valence-electron chi connectivity index (χ3n) is 3.11. The SMILES string of the molecule is CCOc1cc(/C=C2\C(=O)N(C)C(=S)N2C)cc(Cl)c1O. The van der Waals surface area contributed by atoms with Crippen LogP contribution in [0, 0.1) is 0 Å². The van der Waals surface area contributed by atoms with Gasteiger partial charge in [-0.05, 0) is 42.9 Å². The molecule has 1 N–H and O–H groups in total. The number of thiocarbonyl (C=S) groups is 1. The summed E-state index contributed by atoms with van der Waals surface area (Å²) in [7, 11) is 3.35. The van der Waals surface area contributed by atoms with Gasteiger partial charge >= 0.3 is 0 Å². The van der Waals surface area contributed by atoms with Crippen LogP contribution in [0.15, 0.2) is 17.8 Å². The van der Waals surface area contributed by atoms with Crippen molar-refractivity contribution in [2.24, 2.45) is 0 Å². The summed E-state index contributed by atoms with van der Waals surface area (Å²) in [6, 6.07) is 3.19. The van der Waals surface area contributed by atoms with Crippen LogP contribution in [0.4, 0.5) is 0 Å². The molecule has 1 aliphatic heterocycles. The van der Waals surface area contributed by atoms with Crippen molar-refractivity contribution in [2.75, 3.05) is 20.7 Å². The average molecular weight is 327 g/mol. The van der Waals surface area contributed by atoms with Gasteiger partial charge in [0.1, 0.15) is 5.70 Å². The van der Waals surface area contributed by atoms with E-state index in [9.17, 15) is 9.90 Å². The van der Waals surface area contributed by atoms with Crippen LogP contribution in [0.5, 0.6) is 11.5 Å². The van der Waals surface area contributed by atoms with Gasteiger partial charge in [0.2, 0.25) is 0 Å². The zero-order chi connectivity index (χ0) is 15.7. The molecule has 7 heteroatoms. The second-order valence-electron chi connectivity index (χ2n) is 4.52. The summed E-state index contributed by atoms with van der Waals surface area (Å²) < 4.78 is 5.32. The van der Waals surface area contributed by atoms with Crippen molar-refractivity contribution >= 4 is 40.9 Å². The standard InChI is InChI=1S/C14H15ClN2O3S/c1-4-20-11-7-8(5-9(15)12(11)18)6-10-13(19)17(3)14(21)16(10)2/h5-7,18H,4H2,1-3H3/b10-6+. The first kappa shape index (κ1) is 15.6. The van der Waals surface area contributed by atoms with E-state index >= 15 is 0 Å². The van der Waals surface area contributed by atoms with E-state index in [0.29, 0.717) is 23.0 Å². The van der Waals surface area contributed by atoms with Crippen molar-refractivity contribution in [2.45, 2.75) is 6.92 Å². The first-order valence-corrected chi connectivity index (χ1v) is 7.08. The predicted octanol–water partition coefficient (Wildman–Crippen LogP) is 2.47. The topological polar surface area (TPSA) is 53.0 Å². The number of carbonyl (C=O) groups is 1. The number of carbonyl (C=O) groups excluding carboxylic acids is 1. The maximum atomic E-state index is 12.1. The van der Waals surface area contributed by atoms with Crippen molar-refractivity contribution in [1.82, 2.24) is 9.80 Å². The minimum Gasteiger partial charge on any atom is -0.503 e. The van der Waals surface area contributed by atoms with E-state index in [-0.39, 0.29) is 22.4 Å². The zero-order valence-electron chi connectivity index (χ0n) is 11.9. The van der Waals surface area contributed by atoms with Gasteiger partial charge in [-0.2, -0.15) is 0 Å². The van der Waals surface area contributed by atoms with Crippen molar-refractivity contribution in [1.29, 1.82) is 0 Å². The minimum atomic E-state index is -0.190. The van der Waals surface area contributed by atoms with Gasteiger partial charge in [-0.15, -0.1) is 0 Å². The van der Waals surface area contributed by atoms with Gasteiger partial charge in [0.15, 0.2) is 16.6 Å². The summed E-state index contributed by atoms with van der Waals surface area (Å²) in [5, 5.41) is 10.4. The Balaban J connectivity index is 2.46. The molecule has 0 unspecified atom stereocenters. The molecule has 0 atom stereocenters. The van der Waals surface area contributed by atoms with Crippen molar-refractivity contribution < 1.29 is 14.6 Å². The summed E-state index contributed by atoms with van der Waals surface area (Å²) >= 11 is 11.1. The molecule has 5 nitrogen and oxygen atoms in total. The van der Waals surface area contributed by atoms with Crippen LogP contribution in [-0.2, 0) is 4.79 Å². The molecule has 0 bridgehead atoms. The lowest BCUT2D eigenvalue weighted by Gasteiger charge is -2.12. The molecule has 21 heavy (non-hydrogen) atoms. The Morgan fingerprint density at radius 3 is 2.57 bits per heavy atom. The van der Waals surface area contributed by atoms with Gasteiger partial charge in [-0.1, -0.05) is 11.6 Å². The third-order valence-corrected chi connectivity index (χ3v) is 3.95. The molecule has 1 aliphatic rings. The Kier molecular flexibility index (Phi) is 4.39. The van der Waals surface area contributed by atoms with Crippen LogP contribution in [0.1, 0.15) is 12.5 Å². The molecule has 1 aromatic rings. The Bertz CT molecular complexity index is 645. The molecule has 0 radical (unpaired) electrons. The quantitative estimate of drug-likeness (QED) is 0.683. The van der Waals surface area contributed by atoms with E-state index in [0.717, 1.165) is 0 Å². The number of nitrogens with zero attached hydrogens (tertiary/aromatic N) is 2. The van der Waals surface area contributed by atoms with E-state index in [1.54, 1.807) is 44.1 Å². The molecule has 1 amide bonds. The number of rotatable bonds is 3. The van der Waals surface area contributed by atoms with E-state index in [1.165, 1.54) is 4.90 Å². The average Bonchev–Trinajstić information content (AvgIpc) is 2.62. The second kappa shape index (κ2) is 5.91. The Morgan fingerprint density at radius 2 is 2.05 bits per heavy atom. The molecule has 1 heterocycles. The molecule has 1 aromatic carbocycles. The lowest BCUT2D eigenvalue weighted by Crippen LogP contribution is -2.26. The third kappa shape index (κ3) is 2.82. The Morgan fingerprint density at radius 1 is 1.38 bits per heavy atom. The van der Waals surface area contributed by atoms with Gasteiger partial charge in [-0.3, -0.25) is 9.69 Å². The Hall–Kier alpha value is -1.79. The summed E-state index contributed by atoms with van der Waals surface area (Å²) in [5.41, 5.74) is 1.08. The maximum absolute atomic E-state index is 12.1. The number of phenolic OH excluding ortho intramolecular Hbond substituents is 1. The van der Waals surface area contributed by atoms with Crippen molar-refractivity contribution in [3.05, 3.63) is 28.4 Å². The van der Waals surface area contributed by atoms with Crippen LogP contribution >= 0.6 is 23.8 Å². The van der Waals surface area contributed by atoms with Crippen molar-refractivity contribution in [3.63, 3.8) is 0 Å². The number of aromatic hydroxyl groups is 1. The lowest BCUT2D eigenvalue weighted by molar-refractivity contribution is -0.121. The zero-order valence-corrected chi connectivity index (χ0v) is 13.5. The highest BCUT2D eigenvalue weighted by Crippen LogP contribution is 2.36. The van der Waals surface area contributed by atoms with Crippen LogP contribution in [0.2, 0.25) is 5.02 Å². The van der Waals surface area contributed by atoms with E-state index in [2.05, 4.69) is 0 Å². The number of benzene rings is 1.